The summed E-state index contributed by atoms with van der Waals surface area (Å²) in [6.45, 7) is 2.09. The zero-order chi connectivity index (χ0) is 11.1. The van der Waals surface area contributed by atoms with Crippen LogP contribution < -0.4 is 10.6 Å². The minimum Gasteiger partial charge on any atom is -0.334 e. The fourth-order valence-electron chi connectivity index (χ4n) is 1.06. The maximum atomic E-state index is 11.2. The van der Waals surface area contributed by atoms with Crippen molar-refractivity contribution in [3.8, 4) is 6.07 Å². The molecule has 0 fully saturated rings. The summed E-state index contributed by atoms with van der Waals surface area (Å²) >= 11 is 0. The van der Waals surface area contributed by atoms with Crippen LogP contribution in [0.2, 0.25) is 0 Å². The van der Waals surface area contributed by atoms with Gasteiger partial charge in [-0.05, 0) is 12.5 Å². The van der Waals surface area contributed by atoms with Gasteiger partial charge in [-0.2, -0.15) is 5.26 Å². The zero-order valence-corrected chi connectivity index (χ0v) is 8.53. The van der Waals surface area contributed by atoms with Crippen molar-refractivity contribution in [2.75, 3.05) is 0 Å². The Morgan fingerprint density at radius 2 is 2.13 bits per heavy atom. The van der Waals surface area contributed by atoms with E-state index in [2.05, 4.69) is 10.6 Å². The van der Waals surface area contributed by atoms with Gasteiger partial charge in [0.15, 0.2) is 0 Å². The average molecular weight is 203 g/mol. The van der Waals surface area contributed by atoms with E-state index in [0.717, 1.165) is 5.56 Å². The molecule has 2 N–H and O–H groups in total. The van der Waals surface area contributed by atoms with Crippen LogP contribution in [0, 0.1) is 11.3 Å². The lowest BCUT2D eigenvalue weighted by atomic mass is 10.2. The average Bonchev–Trinajstić information content (AvgIpc) is 2.27. The lowest BCUT2D eigenvalue weighted by Crippen LogP contribution is -2.39. The smallest absolute Gasteiger partial charge is 0.316 e. The van der Waals surface area contributed by atoms with Crippen LogP contribution >= 0.6 is 0 Å². The minimum absolute atomic E-state index is 0.326. The van der Waals surface area contributed by atoms with Crippen molar-refractivity contribution in [3.05, 3.63) is 35.9 Å². The molecule has 0 bridgehead atoms. The third kappa shape index (κ3) is 4.14. The van der Waals surface area contributed by atoms with Gasteiger partial charge in [-0.3, -0.25) is 0 Å². The fraction of sp³-hybridized carbons (Fsp3) is 0.273. The Balaban J connectivity index is 2.32. The number of nitrogens with one attached hydrogen (secondary N) is 2. The molecular formula is C11H13N3O. The van der Waals surface area contributed by atoms with E-state index in [-0.39, 0.29) is 6.03 Å². The van der Waals surface area contributed by atoms with Crippen molar-refractivity contribution in [1.82, 2.24) is 10.6 Å². The predicted octanol–water partition coefficient (Wildman–Crippen LogP) is 1.40. The molecule has 0 aliphatic heterocycles. The zero-order valence-electron chi connectivity index (χ0n) is 8.53. The highest BCUT2D eigenvalue weighted by atomic mass is 16.2. The minimum atomic E-state index is -0.472. The number of rotatable bonds is 3. The summed E-state index contributed by atoms with van der Waals surface area (Å²) in [5.41, 5.74) is 1.03. The summed E-state index contributed by atoms with van der Waals surface area (Å²) in [5.74, 6) is 0. The number of carbonyl (C=O) groups excluding carboxylic acids is 1. The van der Waals surface area contributed by atoms with Crippen LogP contribution in [0.5, 0.6) is 0 Å². The standard InChI is InChI=1S/C11H13N3O/c1-9(7-12)14-11(15)13-8-10-5-3-2-4-6-10/h2-6,9H,8H2,1H3,(H2,13,14,15). The van der Waals surface area contributed by atoms with Gasteiger partial charge in [-0.25, -0.2) is 4.79 Å². The van der Waals surface area contributed by atoms with E-state index in [9.17, 15) is 4.79 Å². The number of benzene rings is 1. The third-order valence-corrected chi connectivity index (χ3v) is 1.84. The molecule has 0 saturated carbocycles. The van der Waals surface area contributed by atoms with Gasteiger partial charge in [0, 0.05) is 6.54 Å². The number of hydrogen-bond acceptors (Lipinski definition) is 2. The van der Waals surface area contributed by atoms with Crippen molar-refractivity contribution in [2.24, 2.45) is 0 Å². The van der Waals surface area contributed by atoms with E-state index in [1.54, 1.807) is 6.92 Å². The highest BCUT2D eigenvalue weighted by Gasteiger charge is 2.04. The number of carbonyl (C=O) groups is 1. The van der Waals surface area contributed by atoms with Gasteiger partial charge < -0.3 is 10.6 Å². The summed E-state index contributed by atoms with van der Waals surface area (Å²) in [7, 11) is 0. The lowest BCUT2D eigenvalue weighted by molar-refractivity contribution is 0.239. The number of nitrogens with zero attached hydrogens (tertiary/aromatic N) is 1. The second-order valence-electron chi connectivity index (χ2n) is 3.16. The molecule has 2 amide bonds. The van der Waals surface area contributed by atoms with Crippen LogP contribution in [0.25, 0.3) is 0 Å². The molecule has 0 radical (unpaired) electrons. The molecule has 0 aromatic heterocycles. The SMILES string of the molecule is CC(C#N)NC(=O)NCc1ccccc1. The quantitative estimate of drug-likeness (QED) is 0.779. The van der Waals surface area contributed by atoms with Crippen LogP contribution in [-0.4, -0.2) is 12.1 Å². The topological polar surface area (TPSA) is 64.9 Å². The molecule has 0 spiro atoms. The van der Waals surface area contributed by atoms with E-state index >= 15 is 0 Å². The largest absolute Gasteiger partial charge is 0.334 e. The fourth-order valence-corrected chi connectivity index (χ4v) is 1.06. The molecule has 1 rings (SSSR count). The Bertz CT molecular complexity index is 356. The highest BCUT2D eigenvalue weighted by molar-refractivity contribution is 5.74. The Labute approximate surface area is 88.9 Å². The van der Waals surface area contributed by atoms with Crippen LogP contribution in [-0.2, 0) is 6.54 Å². The van der Waals surface area contributed by atoms with Gasteiger partial charge in [0.25, 0.3) is 0 Å². The molecule has 1 aromatic carbocycles. The molecule has 1 unspecified atom stereocenters. The van der Waals surface area contributed by atoms with E-state index < -0.39 is 6.04 Å². The first-order chi connectivity index (χ1) is 7.22. The second-order valence-corrected chi connectivity index (χ2v) is 3.16. The Morgan fingerprint density at radius 3 is 2.73 bits per heavy atom. The summed E-state index contributed by atoms with van der Waals surface area (Å²) in [6, 6.07) is 10.7. The molecule has 0 heterocycles. The van der Waals surface area contributed by atoms with E-state index in [4.69, 9.17) is 5.26 Å². The first kappa shape index (κ1) is 11.1. The maximum Gasteiger partial charge on any atom is 0.316 e. The summed E-state index contributed by atoms with van der Waals surface area (Å²) in [4.78, 5) is 11.2. The van der Waals surface area contributed by atoms with Crippen molar-refractivity contribution in [2.45, 2.75) is 19.5 Å². The van der Waals surface area contributed by atoms with E-state index in [0.29, 0.717) is 6.54 Å². The lowest BCUT2D eigenvalue weighted by Gasteiger charge is -2.08. The molecule has 0 aliphatic carbocycles. The number of hydrogen-bond donors (Lipinski definition) is 2. The van der Waals surface area contributed by atoms with Crippen molar-refractivity contribution in [3.63, 3.8) is 0 Å². The van der Waals surface area contributed by atoms with Crippen LogP contribution in [0.3, 0.4) is 0 Å². The van der Waals surface area contributed by atoms with Crippen LogP contribution in [0.15, 0.2) is 30.3 Å². The summed E-state index contributed by atoms with van der Waals surface area (Å²) in [6.07, 6.45) is 0. The number of nitriles is 1. The predicted molar refractivity (Wildman–Crippen MR) is 56.9 cm³/mol. The van der Waals surface area contributed by atoms with Gasteiger partial charge in [0.1, 0.15) is 6.04 Å². The van der Waals surface area contributed by atoms with Crippen LogP contribution in [0.4, 0.5) is 4.79 Å². The van der Waals surface area contributed by atoms with Crippen molar-refractivity contribution >= 4 is 6.03 Å². The van der Waals surface area contributed by atoms with Gasteiger partial charge >= 0.3 is 6.03 Å². The molecule has 4 nitrogen and oxygen atoms in total. The number of urea groups is 1. The first-order valence-corrected chi connectivity index (χ1v) is 4.70. The first-order valence-electron chi connectivity index (χ1n) is 4.70. The van der Waals surface area contributed by atoms with Crippen LogP contribution in [0.1, 0.15) is 12.5 Å². The van der Waals surface area contributed by atoms with Gasteiger partial charge in [0.05, 0.1) is 6.07 Å². The molecule has 1 aromatic rings. The molecular weight excluding hydrogens is 190 g/mol. The number of amides is 2. The normalized spacial score (nSPS) is 11.2. The molecule has 15 heavy (non-hydrogen) atoms. The Kier molecular flexibility index (Phi) is 4.17. The molecule has 1 atom stereocenters. The van der Waals surface area contributed by atoms with Gasteiger partial charge in [-0.1, -0.05) is 30.3 Å². The van der Waals surface area contributed by atoms with Gasteiger partial charge in [-0.15, -0.1) is 0 Å². The Morgan fingerprint density at radius 1 is 1.47 bits per heavy atom. The second kappa shape index (κ2) is 5.66. The third-order valence-electron chi connectivity index (χ3n) is 1.84. The molecule has 0 aliphatic rings. The highest BCUT2D eigenvalue weighted by Crippen LogP contribution is 1.96. The molecule has 0 saturated heterocycles. The van der Waals surface area contributed by atoms with E-state index in [1.807, 2.05) is 36.4 Å². The Hall–Kier alpha value is -2.02. The molecule has 4 heteroatoms. The summed E-state index contributed by atoms with van der Waals surface area (Å²) < 4.78 is 0. The monoisotopic (exact) mass is 203 g/mol. The maximum absolute atomic E-state index is 11.2. The van der Waals surface area contributed by atoms with Gasteiger partial charge in [0.2, 0.25) is 0 Å². The van der Waals surface area contributed by atoms with Crippen molar-refractivity contribution < 1.29 is 4.79 Å². The van der Waals surface area contributed by atoms with Crippen molar-refractivity contribution in [1.29, 1.82) is 5.26 Å². The molecule has 78 valence electrons. The van der Waals surface area contributed by atoms with E-state index in [1.165, 1.54) is 0 Å². The summed E-state index contributed by atoms with van der Waals surface area (Å²) in [5, 5.41) is 13.6.